The highest BCUT2D eigenvalue weighted by Crippen LogP contribution is 2.33. The second kappa shape index (κ2) is 7.71. The van der Waals surface area contributed by atoms with Crippen LogP contribution in [0.25, 0.3) is 0 Å². The first kappa shape index (κ1) is 19.8. The number of nitrogens with one attached hydrogen (secondary N) is 1. The van der Waals surface area contributed by atoms with Crippen LogP contribution in [0.2, 0.25) is 5.02 Å². The van der Waals surface area contributed by atoms with E-state index in [0.29, 0.717) is 29.2 Å². The number of fused-ring (bicyclic) bond motifs is 1. The van der Waals surface area contributed by atoms with Crippen LogP contribution in [-0.2, 0) is 17.6 Å². The van der Waals surface area contributed by atoms with Crippen LogP contribution in [0.3, 0.4) is 0 Å². The molecule has 2 aliphatic carbocycles. The van der Waals surface area contributed by atoms with Crippen molar-refractivity contribution in [1.29, 1.82) is 0 Å². The van der Waals surface area contributed by atoms with Gasteiger partial charge in [-0.05, 0) is 73.9 Å². The van der Waals surface area contributed by atoms with E-state index in [-0.39, 0.29) is 12.5 Å². The maximum atomic E-state index is 13.2. The SMILES string of the molecule is Cc1cccc(C(=O)NC2(C(=O)O)CCc3cc(Cl)ccc3C2)c1OC1CCC1. The zero-order chi connectivity index (χ0) is 20.6. The summed E-state index contributed by atoms with van der Waals surface area (Å²) in [5.74, 6) is -0.887. The highest BCUT2D eigenvalue weighted by atomic mass is 35.5. The molecule has 0 heterocycles. The molecule has 0 bridgehead atoms. The molecule has 1 atom stereocenters. The molecule has 6 heteroatoms. The Hall–Kier alpha value is -2.53. The molecule has 152 valence electrons. The first-order valence-electron chi connectivity index (χ1n) is 9.97. The quantitative estimate of drug-likeness (QED) is 0.765. The average Bonchev–Trinajstić information content (AvgIpc) is 2.65. The summed E-state index contributed by atoms with van der Waals surface area (Å²) in [4.78, 5) is 25.4. The lowest BCUT2D eigenvalue weighted by molar-refractivity contribution is -0.145. The van der Waals surface area contributed by atoms with Gasteiger partial charge in [-0.15, -0.1) is 0 Å². The molecule has 1 fully saturated rings. The Kier molecular flexibility index (Phi) is 5.26. The van der Waals surface area contributed by atoms with Gasteiger partial charge in [0, 0.05) is 11.4 Å². The molecule has 0 saturated heterocycles. The molecule has 1 unspecified atom stereocenters. The molecule has 29 heavy (non-hydrogen) atoms. The topological polar surface area (TPSA) is 75.6 Å². The van der Waals surface area contributed by atoms with Gasteiger partial charge in [-0.2, -0.15) is 0 Å². The minimum absolute atomic E-state index is 0.127. The summed E-state index contributed by atoms with van der Waals surface area (Å²) in [5.41, 5.74) is 1.85. The van der Waals surface area contributed by atoms with Gasteiger partial charge in [0.25, 0.3) is 5.91 Å². The molecular weight excluding hydrogens is 390 g/mol. The normalized spacial score (nSPS) is 21.0. The Balaban J connectivity index is 1.61. The minimum atomic E-state index is -1.35. The fraction of sp³-hybridized carbons (Fsp3) is 0.391. The molecule has 1 saturated carbocycles. The van der Waals surface area contributed by atoms with Crippen molar-refractivity contribution < 1.29 is 19.4 Å². The van der Waals surface area contributed by atoms with Crippen LogP contribution < -0.4 is 10.1 Å². The van der Waals surface area contributed by atoms with Crippen molar-refractivity contribution in [1.82, 2.24) is 5.32 Å². The van der Waals surface area contributed by atoms with Gasteiger partial charge in [-0.1, -0.05) is 29.8 Å². The molecule has 0 aromatic heterocycles. The fourth-order valence-electron chi connectivity index (χ4n) is 4.03. The zero-order valence-corrected chi connectivity index (χ0v) is 17.1. The number of para-hydroxylation sites is 1. The number of aryl methyl sites for hydroxylation is 2. The number of halogens is 1. The van der Waals surface area contributed by atoms with Gasteiger partial charge in [-0.25, -0.2) is 4.79 Å². The number of aliphatic carboxylic acids is 1. The molecule has 4 rings (SSSR count). The predicted molar refractivity (Wildman–Crippen MR) is 111 cm³/mol. The number of ether oxygens (including phenoxy) is 1. The second-order valence-electron chi connectivity index (χ2n) is 8.05. The summed E-state index contributed by atoms with van der Waals surface area (Å²) in [5, 5.41) is 13.5. The maximum absolute atomic E-state index is 13.2. The van der Waals surface area contributed by atoms with Crippen molar-refractivity contribution in [2.45, 2.75) is 57.1 Å². The Morgan fingerprint density at radius 3 is 2.69 bits per heavy atom. The Morgan fingerprint density at radius 2 is 2.00 bits per heavy atom. The molecular formula is C23H24ClNO4. The third kappa shape index (κ3) is 3.84. The number of carboxylic acids is 1. The van der Waals surface area contributed by atoms with E-state index in [0.717, 1.165) is 36.0 Å². The van der Waals surface area contributed by atoms with Crippen LogP contribution in [0.5, 0.6) is 5.75 Å². The number of carbonyl (C=O) groups excluding carboxylic acids is 1. The number of carboxylic acid groups (broad SMARTS) is 1. The summed E-state index contributed by atoms with van der Waals surface area (Å²) in [6.45, 7) is 1.90. The van der Waals surface area contributed by atoms with Gasteiger partial charge < -0.3 is 15.2 Å². The second-order valence-corrected chi connectivity index (χ2v) is 8.49. The van der Waals surface area contributed by atoms with Crippen molar-refractivity contribution in [3.05, 3.63) is 63.7 Å². The summed E-state index contributed by atoms with van der Waals surface area (Å²) in [6.07, 6.45) is 4.30. The molecule has 1 amide bonds. The highest BCUT2D eigenvalue weighted by molar-refractivity contribution is 6.30. The third-order valence-corrected chi connectivity index (χ3v) is 6.27. The molecule has 0 radical (unpaired) electrons. The zero-order valence-electron chi connectivity index (χ0n) is 16.3. The summed E-state index contributed by atoms with van der Waals surface area (Å²) < 4.78 is 6.06. The summed E-state index contributed by atoms with van der Waals surface area (Å²) >= 11 is 6.07. The number of amides is 1. The molecule has 2 N–H and O–H groups in total. The minimum Gasteiger partial charge on any atom is -0.489 e. The predicted octanol–water partition coefficient (Wildman–Crippen LogP) is 4.32. The molecule has 5 nitrogen and oxygen atoms in total. The van der Waals surface area contributed by atoms with Crippen LogP contribution in [-0.4, -0.2) is 28.6 Å². The van der Waals surface area contributed by atoms with Crippen LogP contribution in [0.15, 0.2) is 36.4 Å². The Bertz CT molecular complexity index is 969. The number of hydrogen-bond acceptors (Lipinski definition) is 3. The lowest BCUT2D eigenvalue weighted by atomic mass is 9.77. The third-order valence-electron chi connectivity index (χ3n) is 6.04. The van der Waals surface area contributed by atoms with Gasteiger partial charge >= 0.3 is 5.97 Å². The van der Waals surface area contributed by atoms with Crippen LogP contribution in [0, 0.1) is 6.92 Å². The van der Waals surface area contributed by atoms with E-state index in [1.165, 1.54) is 0 Å². The molecule has 0 spiro atoms. The van der Waals surface area contributed by atoms with E-state index in [2.05, 4.69) is 5.32 Å². The summed E-state index contributed by atoms with van der Waals surface area (Å²) in [6, 6.07) is 10.9. The van der Waals surface area contributed by atoms with E-state index in [1.807, 2.05) is 25.1 Å². The smallest absolute Gasteiger partial charge is 0.329 e. The van der Waals surface area contributed by atoms with E-state index >= 15 is 0 Å². The molecule has 0 aliphatic heterocycles. The lowest BCUT2D eigenvalue weighted by Gasteiger charge is -2.35. The first-order chi connectivity index (χ1) is 13.9. The first-order valence-corrected chi connectivity index (χ1v) is 10.4. The van der Waals surface area contributed by atoms with Gasteiger partial charge in [0.1, 0.15) is 11.3 Å². The number of rotatable bonds is 5. The Morgan fingerprint density at radius 1 is 1.21 bits per heavy atom. The van der Waals surface area contributed by atoms with Crippen LogP contribution >= 0.6 is 11.6 Å². The number of benzene rings is 2. The van der Waals surface area contributed by atoms with Crippen molar-refractivity contribution in [2.75, 3.05) is 0 Å². The van der Waals surface area contributed by atoms with E-state index in [4.69, 9.17) is 16.3 Å². The fourth-order valence-corrected chi connectivity index (χ4v) is 4.23. The van der Waals surface area contributed by atoms with E-state index in [1.54, 1.807) is 18.2 Å². The summed E-state index contributed by atoms with van der Waals surface area (Å²) in [7, 11) is 0. The molecule has 2 aromatic carbocycles. The van der Waals surface area contributed by atoms with E-state index < -0.39 is 17.4 Å². The van der Waals surface area contributed by atoms with Gasteiger partial charge in [0.2, 0.25) is 0 Å². The van der Waals surface area contributed by atoms with Crippen LogP contribution in [0.4, 0.5) is 0 Å². The molecule has 2 aliphatic rings. The van der Waals surface area contributed by atoms with Gasteiger partial charge in [-0.3, -0.25) is 4.79 Å². The van der Waals surface area contributed by atoms with Crippen molar-refractivity contribution in [3.63, 3.8) is 0 Å². The lowest BCUT2D eigenvalue weighted by Crippen LogP contribution is -2.57. The van der Waals surface area contributed by atoms with E-state index in [9.17, 15) is 14.7 Å². The average molecular weight is 414 g/mol. The maximum Gasteiger partial charge on any atom is 0.329 e. The molecule has 2 aromatic rings. The van der Waals surface area contributed by atoms with Crippen molar-refractivity contribution >= 4 is 23.5 Å². The monoisotopic (exact) mass is 413 g/mol. The van der Waals surface area contributed by atoms with Crippen molar-refractivity contribution in [3.8, 4) is 5.75 Å². The van der Waals surface area contributed by atoms with Crippen LogP contribution in [0.1, 0.15) is 52.7 Å². The highest BCUT2D eigenvalue weighted by Gasteiger charge is 2.43. The Labute approximate surface area is 175 Å². The standard InChI is InChI=1S/C23H24ClNO4/c1-14-4-2-7-19(20(14)29-18-5-3-6-18)21(26)25-23(22(27)28)11-10-15-12-17(24)9-8-16(15)13-23/h2,4,7-9,12,18H,3,5-6,10-11,13H2,1H3,(H,25,26)(H,27,28). The van der Waals surface area contributed by atoms with Gasteiger partial charge in [0.15, 0.2) is 0 Å². The van der Waals surface area contributed by atoms with Crippen molar-refractivity contribution in [2.24, 2.45) is 0 Å². The number of carbonyl (C=O) groups is 2. The largest absolute Gasteiger partial charge is 0.489 e. The van der Waals surface area contributed by atoms with Gasteiger partial charge in [0.05, 0.1) is 11.7 Å². The number of hydrogen-bond donors (Lipinski definition) is 2.